The molecule has 6 heteroatoms. The highest BCUT2D eigenvalue weighted by Gasteiger charge is 2.08. The molecule has 4 N–H and O–H groups in total. The fraction of sp³-hybridized carbons (Fsp3) is 0.333. The third kappa shape index (κ3) is 6.33. The van der Waals surface area contributed by atoms with Crippen LogP contribution < -0.4 is 21.1 Å². The van der Waals surface area contributed by atoms with Crippen LogP contribution >= 0.6 is 0 Å². The molecule has 0 saturated heterocycles. The minimum atomic E-state index is -0.434. The number of guanidine groups is 1. The molecule has 0 radical (unpaired) electrons. The number of nitrogens with two attached hydrogens (primary N) is 1. The Labute approximate surface area is 160 Å². The number of ether oxygens (including phenoxy) is 1. The smallest absolute Gasteiger partial charge is 0.248 e. The van der Waals surface area contributed by atoms with Crippen LogP contribution in [0.15, 0.2) is 47.5 Å². The highest BCUT2D eigenvalue weighted by atomic mass is 16.5. The number of hydrogen-bond donors (Lipinski definition) is 3. The van der Waals surface area contributed by atoms with Gasteiger partial charge in [-0.2, -0.15) is 0 Å². The SMILES string of the molecule is CN=C(NCc1cccc(C(N)=O)c1)NCc1ccc(C)cc1OC(C)C. The Bertz CT molecular complexity index is 816. The number of nitrogens with one attached hydrogen (secondary N) is 2. The molecule has 0 spiro atoms. The predicted molar refractivity (Wildman–Crippen MR) is 109 cm³/mol. The standard InChI is InChI=1S/C21H28N4O2/c1-14(2)27-19-10-15(3)8-9-18(19)13-25-21(23-4)24-12-16-6-5-7-17(11-16)20(22)26/h5-11,14H,12-13H2,1-4H3,(H2,22,26)(H2,23,24,25). The van der Waals surface area contributed by atoms with Crippen LogP contribution in [-0.2, 0) is 13.1 Å². The predicted octanol–water partition coefficient (Wildman–Crippen LogP) is 2.75. The number of carbonyl (C=O) groups excluding carboxylic acids is 1. The summed E-state index contributed by atoms with van der Waals surface area (Å²) in [7, 11) is 1.72. The number of aliphatic imine (C=N–C) groups is 1. The third-order valence-electron chi connectivity index (χ3n) is 3.93. The fourth-order valence-electron chi connectivity index (χ4n) is 2.59. The molecule has 2 aromatic rings. The van der Waals surface area contributed by atoms with Crippen molar-refractivity contribution in [2.75, 3.05) is 7.05 Å². The first-order valence-electron chi connectivity index (χ1n) is 8.98. The van der Waals surface area contributed by atoms with E-state index in [0.717, 1.165) is 22.4 Å². The van der Waals surface area contributed by atoms with E-state index in [1.165, 1.54) is 0 Å². The van der Waals surface area contributed by atoms with Crippen LogP contribution in [0.25, 0.3) is 0 Å². The van der Waals surface area contributed by atoms with E-state index >= 15 is 0 Å². The third-order valence-corrected chi connectivity index (χ3v) is 3.93. The molecule has 1 amide bonds. The molecular formula is C21H28N4O2. The van der Waals surface area contributed by atoms with E-state index < -0.39 is 5.91 Å². The Hall–Kier alpha value is -3.02. The second-order valence-corrected chi connectivity index (χ2v) is 6.62. The van der Waals surface area contributed by atoms with Crippen molar-refractivity contribution >= 4 is 11.9 Å². The maximum atomic E-state index is 11.3. The van der Waals surface area contributed by atoms with E-state index in [1.807, 2.05) is 39.0 Å². The Morgan fingerprint density at radius 3 is 2.56 bits per heavy atom. The number of carbonyl (C=O) groups is 1. The van der Waals surface area contributed by atoms with Crippen molar-refractivity contribution in [3.63, 3.8) is 0 Å². The van der Waals surface area contributed by atoms with Gasteiger partial charge in [-0.25, -0.2) is 0 Å². The molecule has 0 heterocycles. The lowest BCUT2D eigenvalue weighted by atomic mass is 10.1. The first kappa shape index (κ1) is 20.3. The van der Waals surface area contributed by atoms with E-state index in [-0.39, 0.29) is 6.10 Å². The normalized spacial score (nSPS) is 11.4. The number of primary amides is 1. The lowest BCUT2D eigenvalue weighted by Gasteiger charge is -2.17. The van der Waals surface area contributed by atoms with Gasteiger partial charge in [0.05, 0.1) is 6.10 Å². The second-order valence-electron chi connectivity index (χ2n) is 6.62. The van der Waals surface area contributed by atoms with Gasteiger partial charge in [0, 0.05) is 31.3 Å². The molecule has 0 unspecified atom stereocenters. The Kier molecular flexibility index (Phi) is 7.23. The van der Waals surface area contributed by atoms with Gasteiger partial charge in [-0.15, -0.1) is 0 Å². The molecule has 0 fully saturated rings. The lowest BCUT2D eigenvalue weighted by molar-refractivity contribution is 0.1000. The van der Waals surface area contributed by atoms with Crippen molar-refractivity contribution in [2.45, 2.75) is 40.0 Å². The van der Waals surface area contributed by atoms with Crippen LogP contribution in [0.3, 0.4) is 0 Å². The summed E-state index contributed by atoms with van der Waals surface area (Å²) in [4.78, 5) is 15.5. The number of hydrogen-bond acceptors (Lipinski definition) is 3. The van der Waals surface area contributed by atoms with Gasteiger partial charge in [0.15, 0.2) is 5.96 Å². The van der Waals surface area contributed by atoms with Crippen molar-refractivity contribution in [3.8, 4) is 5.75 Å². The highest BCUT2D eigenvalue weighted by molar-refractivity contribution is 5.92. The van der Waals surface area contributed by atoms with E-state index in [1.54, 1.807) is 19.2 Å². The largest absolute Gasteiger partial charge is 0.491 e. The fourth-order valence-corrected chi connectivity index (χ4v) is 2.59. The van der Waals surface area contributed by atoms with Crippen LogP contribution in [0.1, 0.15) is 40.9 Å². The summed E-state index contributed by atoms with van der Waals surface area (Å²) in [5.41, 5.74) is 9.00. The maximum absolute atomic E-state index is 11.3. The molecule has 0 aliphatic heterocycles. The Morgan fingerprint density at radius 1 is 1.15 bits per heavy atom. The molecular weight excluding hydrogens is 340 g/mol. The summed E-state index contributed by atoms with van der Waals surface area (Å²) < 4.78 is 5.91. The van der Waals surface area contributed by atoms with Crippen molar-refractivity contribution in [1.29, 1.82) is 0 Å². The van der Waals surface area contributed by atoms with E-state index in [2.05, 4.69) is 27.8 Å². The average Bonchev–Trinajstić information content (AvgIpc) is 2.63. The van der Waals surface area contributed by atoms with Crippen LogP contribution in [-0.4, -0.2) is 25.0 Å². The molecule has 2 aromatic carbocycles. The molecule has 0 saturated carbocycles. The number of aryl methyl sites for hydroxylation is 1. The maximum Gasteiger partial charge on any atom is 0.248 e. The molecule has 6 nitrogen and oxygen atoms in total. The molecule has 2 rings (SSSR count). The first-order chi connectivity index (χ1) is 12.9. The van der Waals surface area contributed by atoms with Crippen LogP contribution in [0.4, 0.5) is 0 Å². The first-order valence-corrected chi connectivity index (χ1v) is 8.98. The summed E-state index contributed by atoms with van der Waals surface area (Å²) in [6.45, 7) is 7.19. The van der Waals surface area contributed by atoms with E-state index in [4.69, 9.17) is 10.5 Å². The Balaban J connectivity index is 1.98. The highest BCUT2D eigenvalue weighted by Crippen LogP contribution is 2.21. The van der Waals surface area contributed by atoms with Crippen LogP contribution in [0.2, 0.25) is 0 Å². The summed E-state index contributed by atoms with van der Waals surface area (Å²) in [5, 5.41) is 6.53. The van der Waals surface area contributed by atoms with Crippen molar-refractivity contribution in [2.24, 2.45) is 10.7 Å². The van der Waals surface area contributed by atoms with Crippen molar-refractivity contribution < 1.29 is 9.53 Å². The zero-order valence-corrected chi connectivity index (χ0v) is 16.4. The summed E-state index contributed by atoms with van der Waals surface area (Å²) in [6.07, 6.45) is 0.112. The van der Waals surface area contributed by atoms with Gasteiger partial charge in [0.2, 0.25) is 5.91 Å². The van der Waals surface area contributed by atoms with Crippen LogP contribution in [0.5, 0.6) is 5.75 Å². The van der Waals surface area contributed by atoms with Crippen LogP contribution in [0, 0.1) is 6.92 Å². The van der Waals surface area contributed by atoms with Gasteiger partial charge in [-0.05, 0) is 50.1 Å². The van der Waals surface area contributed by atoms with Gasteiger partial charge in [-0.3, -0.25) is 9.79 Å². The summed E-state index contributed by atoms with van der Waals surface area (Å²) in [5.74, 6) is 1.11. The molecule has 27 heavy (non-hydrogen) atoms. The van der Waals surface area contributed by atoms with Gasteiger partial charge in [0.25, 0.3) is 0 Å². The molecule has 0 aliphatic carbocycles. The minimum Gasteiger partial charge on any atom is -0.491 e. The molecule has 0 bridgehead atoms. The number of nitrogens with zero attached hydrogens (tertiary/aromatic N) is 1. The monoisotopic (exact) mass is 368 g/mol. The molecule has 0 aliphatic rings. The van der Waals surface area contributed by atoms with Gasteiger partial charge < -0.3 is 21.1 Å². The number of benzene rings is 2. The number of amides is 1. The second kappa shape index (κ2) is 9.62. The average molecular weight is 368 g/mol. The quantitative estimate of drug-likeness (QED) is 0.518. The van der Waals surface area contributed by atoms with Crippen molar-refractivity contribution in [1.82, 2.24) is 10.6 Å². The Morgan fingerprint density at radius 2 is 1.89 bits per heavy atom. The van der Waals surface area contributed by atoms with Gasteiger partial charge >= 0.3 is 0 Å². The molecule has 144 valence electrons. The summed E-state index contributed by atoms with van der Waals surface area (Å²) in [6, 6.07) is 13.4. The molecule has 0 atom stereocenters. The zero-order chi connectivity index (χ0) is 19.8. The summed E-state index contributed by atoms with van der Waals surface area (Å²) >= 11 is 0. The molecule has 0 aromatic heterocycles. The minimum absolute atomic E-state index is 0.112. The number of rotatable bonds is 7. The topological polar surface area (TPSA) is 88.7 Å². The van der Waals surface area contributed by atoms with Crippen molar-refractivity contribution in [3.05, 3.63) is 64.7 Å². The zero-order valence-electron chi connectivity index (χ0n) is 16.4. The van der Waals surface area contributed by atoms with E-state index in [0.29, 0.717) is 24.6 Å². The van der Waals surface area contributed by atoms with Gasteiger partial charge in [-0.1, -0.05) is 24.3 Å². The van der Waals surface area contributed by atoms with E-state index in [9.17, 15) is 4.79 Å². The lowest BCUT2D eigenvalue weighted by Crippen LogP contribution is -2.36. The van der Waals surface area contributed by atoms with Gasteiger partial charge in [0.1, 0.15) is 5.75 Å².